The van der Waals surface area contributed by atoms with Crippen LogP contribution in [0.25, 0.3) is 0 Å². The van der Waals surface area contributed by atoms with Crippen LogP contribution in [0.3, 0.4) is 0 Å². The van der Waals surface area contributed by atoms with E-state index >= 15 is 0 Å². The number of carbonyl (C=O) groups excluding carboxylic acids is 1. The number of benzene rings is 2. The lowest BCUT2D eigenvalue weighted by molar-refractivity contribution is -0.119. The van der Waals surface area contributed by atoms with E-state index in [2.05, 4.69) is 33.2 Å². The van der Waals surface area contributed by atoms with Gasteiger partial charge in [0, 0.05) is 15.7 Å². The molecule has 24 heavy (non-hydrogen) atoms. The molecule has 2 rings (SSSR count). The second-order valence-corrected chi connectivity index (χ2v) is 6.88. The van der Waals surface area contributed by atoms with E-state index in [0.717, 1.165) is 20.6 Å². The molecule has 0 aromatic heterocycles. The standard InChI is InChI=1S/C18H19IN2O2S/c1-13-12-14(19)9-10-16(13)20-18(24)21-17(22)8-5-11-23-15-6-3-2-4-7-15/h2-4,6-7,9-10,12H,5,8,11H2,1H3,(H2,20,21,22,24). The van der Waals surface area contributed by atoms with Crippen molar-refractivity contribution in [3.8, 4) is 5.75 Å². The number of halogens is 1. The maximum absolute atomic E-state index is 11.9. The quantitative estimate of drug-likeness (QED) is 0.389. The zero-order valence-electron chi connectivity index (χ0n) is 13.3. The summed E-state index contributed by atoms with van der Waals surface area (Å²) in [6.07, 6.45) is 0.992. The highest BCUT2D eigenvalue weighted by Gasteiger charge is 2.06. The van der Waals surface area contributed by atoms with Crippen molar-refractivity contribution in [3.63, 3.8) is 0 Å². The fourth-order valence-corrected chi connectivity index (χ4v) is 2.92. The molecule has 0 saturated heterocycles. The first-order valence-corrected chi connectivity index (χ1v) is 9.08. The van der Waals surface area contributed by atoms with E-state index in [1.54, 1.807) is 0 Å². The molecule has 6 heteroatoms. The number of rotatable bonds is 6. The molecule has 1 amide bonds. The minimum Gasteiger partial charge on any atom is -0.494 e. The monoisotopic (exact) mass is 454 g/mol. The van der Waals surface area contributed by atoms with Gasteiger partial charge in [0.05, 0.1) is 6.61 Å². The van der Waals surface area contributed by atoms with Crippen LogP contribution < -0.4 is 15.4 Å². The van der Waals surface area contributed by atoms with Gasteiger partial charge in [0.2, 0.25) is 5.91 Å². The molecule has 0 radical (unpaired) electrons. The van der Waals surface area contributed by atoms with Gasteiger partial charge in [0.25, 0.3) is 0 Å². The summed E-state index contributed by atoms with van der Waals surface area (Å²) in [5.41, 5.74) is 1.97. The van der Waals surface area contributed by atoms with Crippen molar-refractivity contribution < 1.29 is 9.53 Å². The molecule has 0 saturated carbocycles. The molecule has 126 valence electrons. The topological polar surface area (TPSA) is 50.4 Å². The minimum absolute atomic E-state index is 0.118. The second-order valence-electron chi connectivity index (χ2n) is 5.23. The Labute approximate surface area is 161 Å². The summed E-state index contributed by atoms with van der Waals surface area (Å²) in [7, 11) is 0. The number of aryl methyl sites for hydroxylation is 1. The van der Waals surface area contributed by atoms with Crippen LogP contribution in [0.15, 0.2) is 48.5 Å². The van der Waals surface area contributed by atoms with Crippen LogP contribution in [0, 0.1) is 10.5 Å². The molecular formula is C18H19IN2O2S. The second kappa shape index (κ2) is 9.58. The summed E-state index contributed by atoms with van der Waals surface area (Å²) in [5.74, 6) is 0.691. The van der Waals surface area contributed by atoms with E-state index in [4.69, 9.17) is 17.0 Å². The van der Waals surface area contributed by atoms with E-state index in [0.29, 0.717) is 24.6 Å². The summed E-state index contributed by atoms with van der Waals surface area (Å²) in [6.45, 7) is 2.49. The molecule has 0 aliphatic carbocycles. The zero-order chi connectivity index (χ0) is 17.4. The van der Waals surface area contributed by atoms with Crippen LogP contribution in [-0.4, -0.2) is 17.6 Å². The van der Waals surface area contributed by atoms with Crippen molar-refractivity contribution in [2.75, 3.05) is 11.9 Å². The Balaban J connectivity index is 1.69. The van der Waals surface area contributed by atoms with Crippen molar-refractivity contribution in [3.05, 3.63) is 57.7 Å². The van der Waals surface area contributed by atoms with E-state index in [9.17, 15) is 4.79 Å². The summed E-state index contributed by atoms with van der Waals surface area (Å²) in [5, 5.41) is 6.06. The lowest BCUT2D eigenvalue weighted by Crippen LogP contribution is -2.34. The number of para-hydroxylation sites is 1. The highest BCUT2D eigenvalue weighted by Crippen LogP contribution is 2.17. The van der Waals surface area contributed by atoms with Crippen molar-refractivity contribution in [2.45, 2.75) is 19.8 Å². The fourth-order valence-electron chi connectivity index (χ4n) is 2.05. The number of amides is 1. The van der Waals surface area contributed by atoms with E-state index < -0.39 is 0 Å². The number of ether oxygens (including phenoxy) is 1. The Hall–Kier alpha value is -1.67. The lowest BCUT2D eigenvalue weighted by Gasteiger charge is -2.12. The van der Waals surface area contributed by atoms with Crippen LogP contribution in [-0.2, 0) is 4.79 Å². The third-order valence-corrected chi connectivity index (χ3v) is 4.12. The Kier molecular flexibility index (Phi) is 7.45. The predicted octanol–water partition coefficient (Wildman–Crippen LogP) is 4.27. The maximum atomic E-state index is 11.9. The van der Waals surface area contributed by atoms with Crippen molar-refractivity contribution in [2.24, 2.45) is 0 Å². The van der Waals surface area contributed by atoms with Gasteiger partial charge in [-0.25, -0.2) is 0 Å². The van der Waals surface area contributed by atoms with Gasteiger partial charge in [0.15, 0.2) is 5.11 Å². The number of hydrogen-bond acceptors (Lipinski definition) is 3. The Bertz CT molecular complexity index is 707. The Morgan fingerprint density at radius 3 is 2.67 bits per heavy atom. The Morgan fingerprint density at radius 1 is 1.21 bits per heavy atom. The average molecular weight is 454 g/mol. The first-order valence-electron chi connectivity index (χ1n) is 7.59. The molecule has 0 bridgehead atoms. The molecule has 0 aliphatic rings. The molecule has 0 unspecified atom stereocenters. The number of nitrogens with one attached hydrogen (secondary N) is 2. The predicted molar refractivity (Wildman–Crippen MR) is 109 cm³/mol. The van der Waals surface area contributed by atoms with Gasteiger partial charge in [0.1, 0.15) is 5.75 Å². The zero-order valence-corrected chi connectivity index (χ0v) is 16.3. The fraction of sp³-hybridized carbons (Fsp3) is 0.222. The maximum Gasteiger partial charge on any atom is 0.226 e. The summed E-state index contributed by atoms with van der Waals surface area (Å²) < 4.78 is 6.71. The van der Waals surface area contributed by atoms with Gasteiger partial charge >= 0.3 is 0 Å². The average Bonchev–Trinajstić information content (AvgIpc) is 2.55. The molecule has 0 atom stereocenters. The first-order chi connectivity index (χ1) is 11.5. The van der Waals surface area contributed by atoms with Crippen LogP contribution in [0.4, 0.5) is 5.69 Å². The van der Waals surface area contributed by atoms with Crippen LogP contribution in [0.5, 0.6) is 5.75 Å². The minimum atomic E-state index is -0.118. The molecule has 0 aliphatic heterocycles. The molecule has 2 aromatic carbocycles. The molecular weight excluding hydrogens is 435 g/mol. The van der Waals surface area contributed by atoms with Crippen LogP contribution >= 0.6 is 34.8 Å². The largest absolute Gasteiger partial charge is 0.494 e. The highest BCUT2D eigenvalue weighted by molar-refractivity contribution is 14.1. The Morgan fingerprint density at radius 2 is 1.96 bits per heavy atom. The first kappa shape index (κ1) is 18.7. The van der Waals surface area contributed by atoms with E-state index in [-0.39, 0.29) is 5.91 Å². The summed E-state index contributed by atoms with van der Waals surface area (Å²) in [6, 6.07) is 15.5. The summed E-state index contributed by atoms with van der Waals surface area (Å²) in [4.78, 5) is 11.9. The number of carbonyl (C=O) groups is 1. The van der Waals surface area contributed by atoms with Gasteiger partial charge < -0.3 is 15.4 Å². The third-order valence-electron chi connectivity index (χ3n) is 3.25. The van der Waals surface area contributed by atoms with Gasteiger partial charge in [-0.05, 0) is 84.0 Å². The van der Waals surface area contributed by atoms with E-state index in [1.807, 2.05) is 55.5 Å². The molecule has 0 spiro atoms. The molecule has 0 fully saturated rings. The number of anilines is 1. The lowest BCUT2D eigenvalue weighted by atomic mass is 10.2. The van der Waals surface area contributed by atoms with E-state index in [1.165, 1.54) is 0 Å². The van der Waals surface area contributed by atoms with Gasteiger partial charge in [-0.3, -0.25) is 4.79 Å². The number of hydrogen-bond donors (Lipinski definition) is 2. The van der Waals surface area contributed by atoms with Crippen LogP contribution in [0.1, 0.15) is 18.4 Å². The molecule has 0 heterocycles. The van der Waals surface area contributed by atoms with Crippen molar-refractivity contribution in [1.29, 1.82) is 0 Å². The SMILES string of the molecule is Cc1cc(I)ccc1NC(=S)NC(=O)CCCOc1ccccc1. The molecule has 2 N–H and O–H groups in total. The molecule has 4 nitrogen and oxygen atoms in total. The van der Waals surface area contributed by atoms with Crippen LogP contribution in [0.2, 0.25) is 0 Å². The summed E-state index contributed by atoms with van der Waals surface area (Å²) >= 11 is 7.44. The third kappa shape index (κ3) is 6.45. The van der Waals surface area contributed by atoms with Gasteiger partial charge in [-0.15, -0.1) is 0 Å². The van der Waals surface area contributed by atoms with Crippen molar-refractivity contribution >= 4 is 51.5 Å². The normalized spacial score (nSPS) is 10.1. The molecule has 2 aromatic rings. The highest BCUT2D eigenvalue weighted by atomic mass is 127. The van der Waals surface area contributed by atoms with Crippen molar-refractivity contribution in [1.82, 2.24) is 5.32 Å². The van der Waals surface area contributed by atoms with Gasteiger partial charge in [-0.2, -0.15) is 0 Å². The number of thiocarbonyl (C=S) groups is 1. The smallest absolute Gasteiger partial charge is 0.226 e. The van der Waals surface area contributed by atoms with Gasteiger partial charge in [-0.1, -0.05) is 18.2 Å².